The summed E-state index contributed by atoms with van der Waals surface area (Å²) in [5.74, 6) is 0. The van der Waals surface area contributed by atoms with Gasteiger partial charge in [-0.3, -0.25) is 9.67 Å². The Labute approximate surface area is 88.2 Å². The molecule has 4 nitrogen and oxygen atoms in total. The molecule has 1 unspecified atom stereocenters. The van der Waals surface area contributed by atoms with E-state index in [2.05, 4.69) is 10.1 Å². The van der Waals surface area contributed by atoms with Gasteiger partial charge in [0.1, 0.15) is 6.10 Å². The van der Waals surface area contributed by atoms with Crippen LogP contribution in [0.5, 0.6) is 0 Å². The number of hydrogen-bond acceptors (Lipinski definition) is 3. The minimum absolute atomic E-state index is 0.643. The Balaban J connectivity index is 2.32. The van der Waals surface area contributed by atoms with E-state index in [0.29, 0.717) is 5.69 Å². The van der Waals surface area contributed by atoms with E-state index in [1.54, 1.807) is 30.2 Å². The maximum atomic E-state index is 10.0. The molecular weight excluding hydrogens is 190 g/mol. The molecule has 1 atom stereocenters. The first-order chi connectivity index (χ1) is 7.18. The van der Waals surface area contributed by atoms with Gasteiger partial charge >= 0.3 is 0 Å². The fourth-order valence-electron chi connectivity index (χ4n) is 1.44. The number of aromatic nitrogens is 3. The highest BCUT2D eigenvalue weighted by molar-refractivity contribution is 5.21. The highest BCUT2D eigenvalue weighted by Gasteiger charge is 2.14. The monoisotopic (exact) mass is 203 g/mol. The fourth-order valence-corrected chi connectivity index (χ4v) is 1.44. The van der Waals surface area contributed by atoms with Crippen LogP contribution in [0.2, 0.25) is 0 Å². The van der Waals surface area contributed by atoms with Crippen LogP contribution in [0, 0.1) is 6.92 Å². The van der Waals surface area contributed by atoms with Crippen LogP contribution >= 0.6 is 0 Å². The fraction of sp³-hybridized carbons (Fsp3) is 0.273. The second-order valence-corrected chi connectivity index (χ2v) is 3.54. The van der Waals surface area contributed by atoms with Crippen LogP contribution in [0.25, 0.3) is 0 Å². The van der Waals surface area contributed by atoms with Crippen molar-refractivity contribution in [2.45, 2.75) is 13.0 Å². The van der Waals surface area contributed by atoms with Crippen LogP contribution in [0.3, 0.4) is 0 Å². The molecule has 2 aromatic rings. The summed E-state index contributed by atoms with van der Waals surface area (Å²) < 4.78 is 1.65. The largest absolute Gasteiger partial charge is 0.380 e. The van der Waals surface area contributed by atoms with E-state index in [9.17, 15) is 5.11 Å². The van der Waals surface area contributed by atoms with Crippen molar-refractivity contribution >= 4 is 0 Å². The normalized spacial score (nSPS) is 12.7. The molecule has 0 bridgehead atoms. The molecule has 0 aliphatic heterocycles. The molecule has 2 rings (SSSR count). The molecule has 0 saturated carbocycles. The first kappa shape index (κ1) is 9.86. The lowest BCUT2D eigenvalue weighted by Gasteiger charge is -2.10. The van der Waals surface area contributed by atoms with Crippen LogP contribution in [0.1, 0.15) is 23.1 Å². The Morgan fingerprint density at radius 1 is 1.33 bits per heavy atom. The van der Waals surface area contributed by atoms with Crippen molar-refractivity contribution in [1.29, 1.82) is 0 Å². The van der Waals surface area contributed by atoms with Crippen molar-refractivity contribution in [3.05, 3.63) is 47.5 Å². The van der Waals surface area contributed by atoms with Crippen molar-refractivity contribution in [2.75, 3.05) is 0 Å². The third-order valence-corrected chi connectivity index (χ3v) is 2.35. The molecule has 0 aliphatic carbocycles. The Morgan fingerprint density at radius 3 is 2.67 bits per heavy atom. The van der Waals surface area contributed by atoms with Gasteiger partial charge in [0.15, 0.2) is 0 Å². The predicted molar refractivity (Wildman–Crippen MR) is 56.2 cm³/mol. The van der Waals surface area contributed by atoms with Gasteiger partial charge in [0.05, 0.1) is 11.4 Å². The van der Waals surface area contributed by atoms with Gasteiger partial charge < -0.3 is 5.11 Å². The van der Waals surface area contributed by atoms with Gasteiger partial charge in [0.25, 0.3) is 0 Å². The molecule has 0 aliphatic rings. The number of rotatable bonds is 2. The summed E-state index contributed by atoms with van der Waals surface area (Å²) in [7, 11) is 1.80. The summed E-state index contributed by atoms with van der Waals surface area (Å²) >= 11 is 0. The zero-order valence-corrected chi connectivity index (χ0v) is 8.75. The molecule has 1 N–H and O–H groups in total. The van der Waals surface area contributed by atoms with E-state index >= 15 is 0 Å². The Hall–Kier alpha value is -1.68. The van der Waals surface area contributed by atoms with Gasteiger partial charge in [-0.15, -0.1) is 0 Å². The van der Waals surface area contributed by atoms with Gasteiger partial charge in [-0.05, 0) is 24.6 Å². The molecular formula is C11H13N3O. The number of aliphatic hydroxyl groups is 1. The molecule has 4 heteroatoms. The van der Waals surface area contributed by atoms with Gasteiger partial charge in [0.2, 0.25) is 0 Å². The second kappa shape index (κ2) is 3.82. The maximum Gasteiger partial charge on any atom is 0.137 e. The van der Waals surface area contributed by atoms with Gasteiger partial charge in [0, 0.05) is 19.4 Å². The third kappa shape index (κ3) is 1.89. The zero-order valence-electron chi connectivity index (χ0n) is 8.75. The van der Waals surface area contributed by atoms with Crippen molar-refractivity contribution in [3.63, 3.8) is 0 Å². The standard InChI is InChI=1S/C11H13N3O/c1-8-3-4-9(12-7-8)11(15)10-5-6-13-14(10)2/h3-7,11,15H,1-2H3. The number of hydrogen-bond donors (Lipinski definition) is 1. The number of pyridine rings is 1. The summed E-state index contributed by atoms with van der Waals surface area (Å²) in [4.78, 5) is 4.18. The molecule has 0 fully saturated rings. The van der Waals surface area contributed by atoms with E-state index in [-0.39, 0.29) is 0 Å². The molecule has 0 spiro atoms. The second-order valence-electron chi connectivity index (χ2n) is 3.54. The highest BCUT2D eigenvalue weighted by atomic mass is 16.3. The van der Waals surface area contributed by atoms with Crippen LogP contribution in [0.4, 0.5) is 0 Å². The van der Waals surface area contributed by atoms with Crippen molar-refractivity contribution in [1.82, 2.24) is 14.8 Å². The van der Waals surface area contributed by atoms with Gasteiger partial charge in [-0.2, -0.15) is 5.10 Å². The predicted octanol–water partition coefficient (Wildman–Crippen LogP) is 1.21. The summed E-state index contributed by atoms with van der Waals surface area (Å²) in [6, 6.07) is 5.54. The van der Waals surface area contributed by atoms with E-state index in [4.69, 9.17) is 0 Å². The molecule has 0 aromatic carbocycles. The molecule has 2 aromatic heterocycles. The van der Waals surface area contributed by atoms with E-state index in [1.807, 2.05) is 19.1 Å². The zero-order chi connectivity index (χ0) is 10.8. The van der Waals surface area contributed by atoms with E-state index in [0.717, 1.165) is 11.3 Å². The van der Waals surface area contributed by atoms with Gasteiger partial charge in [-0.1, -0.05) is 6.07 Å². The van der Waals surface area contributed by atoms with Crippen LogP contribution in [0.15, 0.2) is 30.6 Å². The lowest BCUT2D eigenvalue weighted by Crippen LogP contribution is -2.08. The van der Waals surface area contributed by atoms with E-state index in [1.165, 1.54) is 0 Å². The third-order valence-electron chi connectivity index (χ3n) is 2.35. The van der Waals surface area contributed by atoms with E-state index < -0.39 is 6.10 Å². The summed E-state index contributed by atoms with van der Waals surface area (Å²) in [5.41, 5.74) is 2.46. The average molecular weight is 203 g/mol. The quantitative estimate of drug-likeness (QED) is 0.798. The molecule has 15 heavy (non-hydrogen) atoms. The average Bonchev–Trinajstić information content (AvgIpc) is 2.65. The smallest absolute Gasteiger partial charge is 0.137 e. The number of aliphatic hydroxyl groups excluding tert-OH is 1. The molecule has 0 amide bonds. The topological polar surface area (TPSA) is 50.9 Å². The number of aryl methyl sites for hydroxylation is 2. The summed E-state index contributed by atoms with van der Waals surface area (Å²) in [6.07, 6.45) is 2.69. The molecule has 78 valence electrons. The van der Waals surface area contributed by atoms with Crippen molar-refractivity contribution in [3.8, 4) is 0 Å². The Bertz CT molecular complexity index is 447. The maximum absolute atomic E-state index is 10.0. The van der Waals surface area contributed by atoms with Gasteiger partial charge in [-0.25, -0.2) is 0 Å². The first-order valence-corrected chi connectivity index (χ1v) is 4.77. The number of nitrogens with zero attached hydrogens (tertiary/aromatic N) is 3. The van der Waals surface area contributed by atoms with Crippen molar-refractivity contribution in [2.24, 2.45) is 7.05 Å². The minimum Gasteiger partial charge on any atom is -0.380 e. The molecule has 0 radical (unpaired) electrons. The SMILES string of the molecule is Cc1ccc(C(O)c2ccnn2C)nc1. The Kier molecular flexibility index (Phi) is 2.51. The lowest BCUT2D eigenvalue weighted by molar-refractivity contribution is 0.205. The molecule has 0 saturated heterocycles. The summed E-state index contributed by atoms with van der Waals surface area (Å²) in [6.45, 7) is 1.97. The lowest BCUT2D eigenvalue weighted by atomic mass is 10.1. The molecule has 2 heterocycles. The summed E-state index contributed by atoms with van der Waals surface area (Å²) in [5, 5.41) is 14.0. The van der Waals surface area contributed by atoms with Crippen LogP contribution < -0.4 is 0 Å². The van der Waals surface area contributed by atoms with Crippen molar-refractivity contribution < 1.29 is 5.11 Å². The Morgan fingerprint density at radius 2 is 2.13 bits per heavy atom. The van der Waals surface area contributed by atoms with Crippen LogP contribution in [-0.4, -0.2) is 19.9 Å². The minimum atomic E-state index is -0.710. The highest BCUT2D eigenvalue weighted by Crippen LogP contribution is 2.18. The van der Waals surface area contributed by atoms with Crippen LogP contribution in [-0.2, 0) is 7.05 Å². The first-order valence-electron chi connectivity index (χ1n) is 4.77.